The SMILES string of the molecule is COc1ccc(C(C)C)cc1C(C(=O)O)N(C)C. The molecule has 0 aliphatic heterocycles. The van der Waals surface area contributed by atoms with E-state index in [1.54, 1.807) is 26.1 Å². The average molecular weight is 251 g/mol. The lowest BCUT2D eigenvalue weighted by atomic mass is 9.96. The van der Waals surface area contributed by atoms with E-state index in [2.05, 4.69) is 13.8 Å². The molecule has 0 heterocycles. The van der Waals surface area contributed by atoms with Gasteiger partial charge in [-0.2, -0.15) is 0 Å². The topological polar surface area (TPSA) is 49.8 Å². The highest BCUT2D eigenvalue weighted by Gasteiger charge is 2.26. The molecule has 1 rings (SSSR count). The Bertz CT molecular complexity index is 427. The molecule has 0 bridgehead atoms. The van der Waals surface area contributed by atoms with Gasteiger partial charge in [-0.05, 0) is 37.7 Å². The van der Waals surface area contributed by atoms with Crippen LogP contribution in [0.5, 0.6) is 5.75 Å². The standard InChI is InChI=1S/C14H21NO3/c1-9(2)10-6-7-12(18-5)11(8-10)13(14(16)17)15(3)4/h6-9,13H,1-5H3,(H,16,17). The molecule has 100 valence electrons. The molecule has 0 aromatic heterocycles. The Morgan fingerprint density at radius 2 is 1.94 bits per heavy atom. The van der Waals surface area contributed by atoms with E-state index < -0.39 is 12.0 Å². The normalized spacial score (nSPS) is 12.8. The number of ether oxygens (including phenoxy) is 1. The van der Waals surface area contributed by atoms with Crippen molar-refractivity contribution in [1.82, 2.24) is 4.90 Å². The number of carbonyl (C=O) groups is 1. The second-order valence-corrected chi connectivity index (χ2v) is 4.86. The molecule has 0 aliphatic carbocycles. The first kappa shape index (κ1) is 14.5. The number of rotatable bonds is 5. The minimum absolute atomic E-state index is 0.353. The second kappa shape index (κ2) is 5.87. The van der Waals surface area contributed by atoms with E-state index in [-0.39, 0.29) is 0 Å². The van der Waals surface area contributed by atoms with E-state index in [0.29, 0.717) is 17.2 Å². The Balaban J connectivity index is 3.33. The van der Waals surface area contributed by atoms with Crippen LogP contribution in [0.15, 0.2) is 18.2 Å². The van der Waals surface area contributed by atoms with E-state index in [1.165, 1.54) is 0 Å². The van der Waals surface area contributed by atoms with Gasteiger partial charge in [0.2, 0.25) is 0 Å². The molecule has 4 heteroatoms. The summed E-state index contributed by atoms with van der Waals surface area (Å²) in [5.74, 6) is 0.0889. The number of hydrogen-bond donors (Lipinski definition) is 1. The number of hydrogen-bond acceptors (Lipinski definition) is 3. The van der Waals surface area contributed by atoms with Gasteiger partial charge in [0.15, 0.2) is 0 Å². The summed E-state index contributed by atoms with van der Waals surface area (Å²) in [5, 5.41) is 9.35. The first-order valence-electron chi connectivity index (χ1n) is 5.95. The van der Waals surface area contributed by atoms with Gasteiger partial charge < -0.3 is 9.84 Å². The fourth-order valence-corrected chi connectivity index (χ4v) is 1.96. The maximum Gasteiger partial charge on any atom is 0.325 e. The summed E-state index contributed by atoms with van der Waals surface area (Å²) < 4.78 is 5.27. The monoisotopic (exact) mass is 251 g/mol. The summed E-state index contributed by atoms with van der Waals surface area (Å²) >= 11 is 0. The molecule has 0 aliphatic rings. The Morgan fingerprint density at radius 1 is 1.33 bits per heavy atom. The van der Waals surface area contributed by atoms with Gasteiger partial charge in [-0.15, -0.1) is 0 Å². The number of benzene rings is 1. The van der Waals surface area contributed by atoms with Gasteiger partial charge in [0.05, 0.1) is 7.11 Å². The predicted molar refractivity (Wildman–Crippen MR) is 71.1 cm³/mol. The lowest BCUT2D eigenvalue weighted by Crippen LogP contribution is -2.28. The van der Waals surface area contributed by atoms with Crippen molar-refractivity contribution in [2.75, 3.05) is 21.2 Å². The zero-order valence-corrected chi connectivity index (χ0v) is 11.6. The Labute approximate surface area is 108 Å². The second-order valence-electron chi connectivity index (χ2n) is 4.86. The van der Waals surface area contributed by atoms with Crippen molar-refractivity contribution in [1.29, 1.82) is 0 Å². The molecule has 0 saturated heterocycles. The van der Waals surface area contributed by atoms with E-state index in [0.717, 1.165) is 5.56 Å². The van der Waals surface area contributed by atoms with Crippen LogP contribution in [0.1, 0.15) is 36.9 Å². The van der Waals surface area contributed by atoms with Crippen LogP contribution in [-0.2, 0) is 4.79 Å². The highest BCUT2D eigenvalue weighted by molar-refractivity contribution is 5.76. The summed E-state index contributed by atoms with van der Waals surface area (Å²) in [6, 6.07) is 5.03. The number of likely N-dealkylation sites (N-methyl/N-ethyl adjacent to an activating group) is 1. The number of methoxy groups -OCH3 is 1. The minimum Gasteiger partial charge on any atom is -0.496 e. The molecule has 0 radical (unpaired) electrons. The van der Waals surface area contributed by atoms with Gasteiger partial charge >= 0.3 is 5.97 Å². The molecule has 0 spiro atoms. The fourth-order valence-electron chi connectivity index (χ4n) is 1.96. The van der Waals surface area contributed by atoms with Crippen LogP contribution in [0.2, 0.25) is 0 Å². The molecule has 0 amide bonds. The van der Waals surface area contributed by atoms with Gasteiger partial charge in [-0.3, -0.25) is 9.69 Å². The van der Waals surface area contributed by atoms with Crippen LogP contribution < -0.4 is 4.74 Å². The van der Waals surface area contributed by atoms with Crippen LogP contribution >= 0.6 is 0 Å². The first-order valence-corrected chi connectivity index (χ1v) is 5.95. The molecule has 18 heavy (non-hydrogen) atoms. The van der Waals surface area contributed by atoms with Crippen molar-refractivity contribution in [3.05, 3.63) is 29.3 Å². The largest absolute Gasteiger partial charge is 0.496 e. The van der Waals surface area contributed by atoms with Crippen LogP contribution in [0.25, 0.3) is 0 Å². The predicted octanol–water partition coefficient (Wildman–Crippen LogP) is 2.51. The molecular formula is C14H21NO3. The first-order chi connectivity index (χ1) is 8.38. The molecule has 0 saturated carbocycles. The Kier molecular flexibility index (Phi) is 4.73. The summed E-state index contributed by atoms with van der Waals surface area (Å²) in [7, 11) is 5.06. The lowest BCUT2D eigenvalue weighted by molar-refractivity contribution is -0.142. The van der Waals surface area contributed by atoms with E-state index in [1.807, 2.05) is 18.2 Å². The third kappa shape index (κ3) is 3.01. The zero-order valence-electron chi connectivity index (χ0n) is 11.6. The van der Waals surface area contributed by atoms with Crippen LogP contribution in [0, 0.1) is 0 Å². The zero-order chi connectivity index (χ0) is 13.9. The quantitative estimate of drug-likeness (QED) is 0.873. The molecule has 4 nitrogen and oxygen atoms in total. The van der Waals surface area contributed by atoms with Gasteiger partial charge in [-0.1, -0.05) is 19.9 Å². The van der Waals surface area contributed by atoms with Crippen molar-refractivity contribution in [3.63, 3.8) is 0 Å². The molecule has 1 unspecified atom stereocenters. The smallest absolute Gasteiger partial charge is 0.325 e. The van der Waals surface area contributed by atoms with Crippen molar-refractivity contribution in [2.24, 2.45) is 0 Å². The molecule has 1 aromatic rings. The Morgan fingerprint density at radius 3 is 2.33 bits per heavy atom. The third-order valence-electron chi connectivity index (χ3n) is 2.97. The fraction of sp³-hybridized carbons (Fsp3) is 0.500. The molecule has 0 fully saturated rings. The summed E-state index contributed by atoms with van der Waals surface area (Å²) in [4.78, 5) is 13.1. The number of carboxylic acid groups (broad SMARTS) is 1. The van der Waals surface area contributed by atoms with Gasteiger partial charge in [0.1, 0.15) is 11.8 Å². The number of aliphatic carboxylic acids is 1. The molecule has 1 N–H and O–H groups in total. The van der Waals surface area contributed by atoms with Crippen molar-refractivity contribution < 1.29 is 14.6 Å². The third-order valence-corrected chi connectivity index (χ3v) is 2.97. The molecular weight excluding hydrogens is 230 g/mol. The van der Waals surface area contributed by atoms with Crippen molar-refractivity contribution in [2.45, 2.75) is 25.8 Å². The van der Waals surface area contributed by atoms with Crippen LogP contribution in [0.3, 0.4) is 0 Å². The van der Waals surface area contributed by atoms with Gasteiger partial charge in [-0.25, -0.2) is 0 Å². The summed E-state index contributed by atoms with van der Waals surface area (Å²) in [6.45, 7) is 4.16. The average Bonchev–Trinajstić information content (AvgIpc) is 2.27. The number of nitrogens with zero attached hydrogens (tertiary/aromatic N) is 1. The highest BCUT2D eigenvalue weighted by atomic mass is 16.5. The van der Waals surface area contributed by atoms with E-state index in [9.17, 15) is 9.90 Å². The highest BCUT2D eigenvalue weighted by Crippen LogP contribution is 2.31. The number of carboxylic acids is 1. The van der Waals surface area contributed by atoms with Crippen molar-refractivity contribution in [3.8, 4) is 5.75 Å². The van der Waals surface area contributed by atoms with Gasteiger partial charge in [0, 0.05) is 5.56 Å². The lowest BCUT2D eigenvalue weighted by Gasteiger charge is -2.23. The molecule has 1 aromatic carbocycles. The summed E-state index contributed by atoms with van der Waals surface area (Å²) in [5.41, 5.74) is 1.81. The van der Waals surface area contributed by atoms with Crippen LogP contribution in [-0.4, -0.2) is 37.2 Å². The van der Waals surface area contributed by atoms with Gasteiger partial charge in [0.25, 0.3) is 0 Å². The van der Waals surface area contributed by atoms with Crippen molar-refractivity contribution >= 4 is 5.97 Å². The Hall–Kier alpha value is -1.55. The van der Waals surface area contributed by atoms with E-state index in [4.69, 9.17) is 4.74 Å². The molecule has 1 atom stereocenters. The van der Waals surface area contributed by atoms with Crippen LogP contribution in [0.4, 0.5) is 0 Å². The maximum absolute atomic E-state index is 11.4. The maximum atomic E-state index is 11.4. The summed E-state index contributed by atoms with van der Waals surface area (Å²) in [6.07, 6.45) is 0. The van der Waals surface area contributed by atoms with E-state index >= 15 is 0 Å². The minimum atomic E-state index is -0.876.